The van der Waals surface area contributed by atoms with Crippen molar-refractivity contribution in [2.45, 2.75) is 0 Å². The van der Waals surface area contributed by atoms with E-state index in [9.17, 15) is 0 Å². The average molecular weight is 563 g/mol. The number of rotatable bonds is 3. The van der Waals surface area contributed by atoms with Crippen LogP contribution >= 0.6 is 11.3 Å². The molecule has 0 aliphatic heterocycles. The predicted molar refractivity (Wildman–Crippen MR) is 188 cm³/mol. The van der Waals surface area contributed by atoms with Gasteiger partial charge < -0.3 is 0 Å². The van der Waals surface area contributed by atoms with E-state index in [-0.39, 0.29) is 0 Å². The van der Waals surface area contributed by atoms with E-state index in [2.05, 4.69) is 158 Å². The minimum atomic E-state index is 1.23. The minimum Gasteiger partial charge on any atom is -0.135 e. The molecule has 0 aliphatic rings. The molecule has 0 fully saturated rings. The molecule has 9 rings (SSSR count). The fraction of sp³-hybridized carbons (Fsp3) is 0. The van der Waals surface area contributed by atoms with E-state index in [1.807, 2.05) is 11.3 Å². The highest BCUT2D eigenvalue weighted by molar-refractivity contribution is 7.26. The molecule has 0 bridgehead atoms. The molecule has 8 aromatic carbocycles. The summed E-state index contributed by atoms with van der Waals surface area (Å²) in [7, 11) is 0. The van der Waals surface area contributed by atoms with Gasteiger partial charge in [-0.1, -0.05) is 146 Å². The van der Waals surface area contributed by atoms with Gasteiger partial charge in [0, 0.05) is 25.7 Å². The van der Waals surface area contributed by atoms with Gasteiger partial charge in [0.25, 0.3) is 0 Å². The Kier molecular flexibility index (Phi) is 5.47. The van der Waals surface area contributed by atoms with Crippen molar-refractivity contribution in [1.82, 2.24) is 0 Å². The van der Waals surface area contributed by atoms with Crippen LogP contribution in [0.3, 0.4) is 0 Å². The van der Waals surface area contributed by atoms with Crippen LogP contribution in [0.25, 0.3) is 85.9 Å². The summed E-state index contributed by atoms with van der Waals surface area (Å²) in [6, 6.07) is 57.9. The second kappa shape index (κ2) is 9.66. The van der Waals surface area contributed by atoms with E-state index in [0.717, 1.165) is 0 Å². The fourth-order valence-electron chi connectivity index (χ4n) is 6.87. The highest BCUT2D eigenvalue weighted by Gasteiger charge is 2.19. The Labute approximate surface area is 254 Å². The molecule has 0 atom stereocenters. The summed E-state index contributed by atoms with van der Waals surface area (Å²) in [5.41, 5.74) is 7.63. The van der Waals surface area contributed by atoms with Gasteiger partial charge in [0.05, 0.1) is 0 Å². The first-order valence-electron chi connectivity index (χ1n) is 14.8. The summed E-state index contributed by atoms with van der Waals surface area (Å²) >= 11 is 1.92. The molecule has 1 heterocycles. The SMILES string of the molecule is c1ccc(-c2ccc(-c3c4ccccc4c(-c4cccc5c4sc4cc6ccccc6cc45)c4ccccc34)cc2)cc1. The molecule has 0 saturated carbocycles. The highest BCUT2D eigenvalue weighted by atomic mass is 32.1. The Balaban J connectivity index is 1.33. The quantitative estimate of drug-likeness (QED) is 0.188. The Morgan fingerprint density at radius 2 is 0.837 bits per heavy atom. The van der Waals surface area contributed by atoms with Crippen LogP contribution in [0.4, 0.5) is 0 Å². The molecular formula is C42H26S. The van der Waals surface area contributed by atoms with Crippen molar-refractivity contribution in [3.05, 3.63) is 158 Å². The van der Waals surface area contributed by atoms with Gasteiger partial charge in [0.1, 0.15) is 0 Å². The minimum absolute atomic E-state index is 1.23. The summed E-state index contributed by atoms with van der Waals surface area (Å²) in [6.07, 6.45) is 0. The number of benzene rings is 8. The highest BCUT2D eigenvalue weighted by Crippen LogP contribution is 2.48. The van der Waals surface area contributed by atoms with E-state index in [1.54, 1.807) is 0 Å². The Morgan fingerprint density at radius 3 is 1.51 bits per heavy atom. The first-order valence-corrected chi connectivity index (χ1v) is 15.6. The van der Waals surface area contributed by atoms with Crippen molar-refractivity contribution in [2.24, 2.45) is 0 Å². The molecular weight excluding hydrogens is 537 g/mol. The number of fused-ring (bicyclic) bond motifs is 6. The largest absolute Gasteiger partial charge is 0.135 e. The molecule has 1 aromatic heterocycles. The Hall–Kier alpha value is -5.24. The van der Waals surface area contributed by atoms with E-state index in [1.165, 1.54) is 85.9 Å². The van der Waals surface area contributed by atoms with Crippen molar-refractivity contribution >= 4 is 63.8 Å². The van der Waals surface area contributed by atoms with Gasteiger partial charge >= 0.3 is 0 Å². The van der Waals surface area contributed by atoms with Crippen molar-refractivity contribution in [2.75, 3.05) is 0 Å². The molecule has 0 amide bonds. The Bertz CT molecular complexity index is 2420. The molecule has 0 spiro atoms. The third kappa shape index (κ3) is 3.82. The molecule has 0 radical (unpaired) electrons. The average Bonchev–Trinajstić information content (AvgIpc) is 3.44. The zero-order valence-electron chi connectivity index (χ0n) is 23.4. The molecule has 9 aromatic rings. The van der Waals surface area contributed by atoms with Gasteiger partial charge in [-0.2, -0.15) is 0 Å². The molecule has 0 nitrogen and oxygen atoms in total. The molecule has 0 aliphatic carbocycles. The third-order valence-corrected chi connectivity index (χ3v) is 10.0. The van der Waals surface area contributed by atoms with Crippen LogP contribution in [-0.2, 0) is 0 Å². The summed E-state index contributed by atoms with van der Waals surface area (Å²) in [6.45, 7) is 0. The standard InChI is InChI=1S/C42H26S/c1-2-11-27(12-3-1)28-21-23-29(24-22-28)40-32-15-6-8-17-34(32)41(35-18-9-7-16-33(35)40)37-20-10-19-36-38-25-30-13-4-5-14-31(30)26-39(38)43-42(36)37/h1-26H. The van der Waals surface area contributed by atoms with Crippen LogP contribution in [0, 0.1) is 0 Å². The van der Waals surface area contributed by atoms with Crippen LogP contribution in [0.5, 0.6) is 0 Å². The monoisotopic (exact) mass is 562 g/mol. The zero-order valence-corrected chi connectivity index (χ0v) is 24.2. The summed E-state index contributed by atoms with van der Waals surface area (Å²) in [5, 5.41) is 10.4. The van der Waals surface area contributed by atoms with Crippen molar-refractivity contribution in [1.29, 1.82) is 0 Å². The van der Waals surface area contributed by atoms with Crippen molar-refractivity contribution in [3.8, 4) is 33.4 Å². The number of hydrogen-bond donors (Lipinski definition) is 0. The first-order chi connectivity index (χ1) is 21.3. The van der Waals surface area contributed by atoms with Gasteiger partial charge in [-0.05, 0) is 72.3 Å². The van der Waals surface area contributed by atoms with Gasteiger partial charge in [-0.3, -0.25) is 0 Å². The lowest BCUT2D eigenvalue weighted by molar-refractivity contribution is 1.61. The van der Waals surface area contributed by atoms with E-state index in [4.69, 9.17) is 0 Å². The van der Waals surface area contributed by atoms with Crippen LogP contribution in [0.2, 0.25) is 0 Å². The smallest absolute Gasteiger partial charge is 0.0434 e. The summed E-state index contributed by atoms with van der Waals surface area (Å²) in [5.74, 6) is 0. The van der Waals surface area contributed by atoms with E-state index < -0.39 is 0 Å². The van der Waals surface area contributed by atoms with Crippen LogP contribution in [0.1, 0.15) is 0 Å². The lowest BCUT2D eigenvalue weighted by atomic mass is 9.85. The van der Waals surface area contributed by atoms with Gasteiger partial charge in [-0.25, -0.2) is 0 Å². The lowest BCUT2D eigenvalue weighted by Gasteiger charge is -2.18. The second-order valence-corrected chi connectivity index (χ2v) is 12.3. The predicted octanol–water partition coefficient (Wildman–Crippen LogP) is 12.5. The van der Waals surface area contributed by atoms with Gasteiger partial charge in [-0.15, -0.1) is 11.3 Å². The normalized spacial score (nSPS) is 11.7. The molecule has 1 heteroatoms. The van der Waals surface area contributed by atoms with E-state index in [0.29, 0.717) is 0 Å². The van der Waals surface area contributed by atoms with Crippen molar-refractivity contribution in [3.63, 3.8) is 0 Å². The number of hydrogen-bond acceptors (Lipinski definition) is 1. The van der Waals surface area contributed by atoms with Gasteiger partial charge in [0.15, 0.2) is 0 Å². The number of thiophene rings is 1. The zero-order chi connectivity index (χ0) is 28.3. The van der Waals surface area contributed by atoms with E-state index >= 15 is 0 Å². The first kappa shape index (κ1) is 24.4. The van der Waals surface area contributed by atoms with Crippen LogP contribution < -0.4 is 0 Å². The maximum absolute atomic E-state index is 2.37. The lowest BCUT2D eigenvalue weighted by Crippen LogP contribution is -1.91. The summed E-state index contributed by atoms with van der Waals surface area (Å²) in [4.78, 5) is 0. The molecule has 200 valence electrons. The summed E-state index contributed by atoms with van der Waals surface area (Å²) < 4.78 is 2.69. The topological polar surface area (TPSA) is 0 Å². The fourth-order valence-corrected chi connectivity index (χ4v) is 8.12. The van der Waals surface area contributed by atoms with Crippen molar-refractivity contribution < 1.29 is 0 Å². The van der Waals surface area contributed by atoms with Crippen LogP contribution in [0.15, 0.2) is 158 Å². The maximum atomic E-state index is 2.37. The van der Waals surface area contributed by atoms with Gasteiger partial charge in [0.2, 0.25) is 0 Å². The maximum Gasteiger partial charge on any atom is 0.0434 e. The van der Waals surface area contributed by atoms with Crippen LogP contribution in [-0.4, -0.2) is 0 Å². The Morgan fingerprint density at radius 1 is 0.326 bits per heavy atom. The second-order valence-electron chi connectivity index (χ2n) is 11.3. The third-order valence-electron chi connectivity index (χ3n) is 8.85. The molecule has 43 heavy (non-hydrogen) atoms. The molecule has 0 saturated heterocycles. The molecule has 0 N–H and O–H groups in total. The molecule has 0 unspecified atom stereocenters.